The number of nitrogens with one attached hydrogen (secondary N) is 1. The first-order chi connectivity index (χ1) is 6.29. The molecule has 0 saturated heterocycles. The van der Waals surface area contributed by atoms with Gasteiger partial charge in [0.25, 0.3) is 0 Å². The molecule has 0 aliphatic carbocycles. The third-order valence-corrected chi connectivity index (χ3v) is 1.91. The van der Waals surface area contributed by atoms with Crippen molar-refractivity contribution in [3.63, 3.8) is 0 Å². The Kier molecular flexibility index (Phi) is 3.86. The first kappa shape index (κ1) is 10.2. The molecule has 0 fully saturated rings. The number of halogens is 1. The Balaban J connectivity index is 2.84. The van der Waals surface area contributed by atoms with Gasteiger partial charge in [-0.15, -0.1) is 0 Å². The lowest BCUT2D eigenvalue weighted by molar-refractivity contribution is 0.243. The molecule has 0 unspecified atom stereocenters. The molecular formula is C10H14FNO. The summed E-state index contributed by atoms with van der Waals surface area (Å²) < 4.78 is 13.2. The summed E-state index contributed by atoms with van der Waals surface area (Å²) in [6.07, 6.45) is 0. The van der Waals surface area contributed by atoms with Crippen molar-refractivity contribution in [3.05, 3.63) is 35.6 Å². The van der Waals surface area contributed by atoms with Crippen LogP contribution in [0.5, 0.6) is 0 Å². The monoisotopic (exact) mass is 183 g/mol. The van der Waals surface area contributed by atoms with Gasteiger partial charge in [-0.2, -0.15) is 0 Å². The van der Waals surface area contributed by atoms with Crippen molar-refractivity contribution >= 4 is 0 Å². The van der Waals surface area contributed by atoms with Crippen LogP contribution in [0.1, 0.15) is 18.5 Å². The third-order valence-electron chi connectivity index (χ3n) is 1.91. The second-order valence-electron chi connectivity index (χ2n) is 2.81. The number of hydrogen-bond donors (Lipinski definition) is 2. The number of aliphatic hydroxyl groups is 1. The highest BCUT2D eigenvalue weighted by molar-refractivity contribution is 5.21. The second kappa shape index (κ2) is 4.94. The zero-order valence-corrected chi connectivity index (χ0v) is 7.63. The van der Waals surface area contributed by atoms with Crippen LogP contribution in [-0.4, -0.2) is 18.3 Å². The molecule has 1 aromatic rings. The third kappa shape index (κ3) is 2.50. The summed E-state index contributed by atoms with van der Waals surface area (Å²) in [4.78, 5) is 0. The van der Waals surface area contributed by atoms with Crippen LogP contribution in [-0.2, 0) is 0 Å². The van der Waals surface area contributed by atoms with Gasteiger partial charge < -0.3 is 10.4 Å². The van der Waals surface area contributed by atoms with Gasteiger partial charge in [-0.25, -0.2) is 4.39 Å². The molecule has 0 saturated carbocycles. The fourth-order valence-electron chi connectivity index (χ4n) is 1.28. The summed E-state index contributed by atoms with van der Waals surface area (Å²) in [5.41, 5.74) is 0.520. The van der Waals surface area contributed by atoms with Crippen LogP contribution in [0.25, 0.3) is 0 Å². The lowest BCUT2D eigenvalue weighted by Gasteiger charge is -2.15. The SMILES string of the molecule is CCN[C@H](CO)c1ccccc1F. The predicted molar refractivity (Wildman–Crippen MR) is 49.9 cm³/mol. The normalized spacial score (nSPS) is 12.8. The molecule has 1 rings (SSSR count). The average Bonchev–Trinajstić information content (AvgIpc) is 2.16. The van der Waals surface area contributed by atoms with Gasteiger partial charge in [0, 0.05) is 5.56 Å². The summed E-state index contributed by atoms with van der Waals surface area (Å²) in [5.74, 6) is -0.275. The van der Waals surface area contributed by atoms with Gasteiger partial charge in [-0.1, -0.05) is 25.1 Å². The minimum Gasteiger partial charge on any atom is -0.394 e. The Morgan fingerprint density at radius 2 is 2.15 bits per heavy atom. The molecule has 13 heavy (non-hydrogen) atoms. The molecule has 2 nitrogen and oxygen atoms in total. The molecule has 0 aromatic heterocycles. The Morgan fingerprint density at radius 3 is 2.69 bits per heavy atom. The van der Waals surface area contributed by atoms with E-state index in [9.17, 15) is 4.39 Å². The minimum absolute atomic E-state index is 0.0885. The van der Waals surface area contributed by atoms with E-state index in [4.69, 9.17) is 5.11 Å². The maximum Gasteiger partial charge on any atom is 0.128 e. The molecule has 0 heterocycles. The van der Waals surface area contributed by atoms with Crippen molar-refractivity contribution in [2.45, 2.75) is 13.0 Å². The van der Waals surface area contributed by atoms with E-state index in [0.717, 1.165) is 0 Å². The van der Waals surface area contributed by atoms with E-state index in [2.05, 4.69) is 5.32 Å². The fourth-order valence-corrected chi connectivity index (χ4v) is 1.28. The van der Waals surface area contributed by atoms with Crippen molar-refractivity contribution in [2.24, 2.45) is 0 Å². The van der Waals surface area contributed by atoms with Crippen molar-refractivity contribution in [1.29, 1.82) is 0 Å². The van der Waals surface area contributed by atoms with Crippen molar-refractivity contribution in [2.75, 3.05) is 13.2 Å². The molecule has 1 atom stereocenters. The maximum atomic E-state index is 13.2. The molecule has 0 bridgehead atoms. The van der Waals surface area contributed by atoms with Crippen LogP contribution in [0.15, 0.2) is 24.3 Å². The molecule has 0 amide bonds. The Morgan fingerprint density at radius 1 is 1.46 bits per heavy atom. The smallest absolute Gasteiger partial charge is 0.128 e. The first-order valence-corrected chi connectivity index (χ1v) is 4.38. The highest BCUT2D eigenvalue weighted by atomic mass is 19.1. The number of aliphatic hydroxyl groups excluding tert-OH is 1. The van der Waals surface area contributed by atoms with Crippen molar-refractivity contribution in [3.8, 4) is 0 Å². The zero-order valence-electron chi connectivity index (χ0n) is 7.63. The summed E-state index contributed by atoms with van der Waals surface area (Å²) in [6, 6.07) is 6.18. The number of likely N-dealkylation sites (N-methyl/N-ethyl adjacent to an activating group) is 1. The van der Waals surface area contributed by atoms with Gasteiger partial charge >= 0.3 is 0 Å². The van der Waals surface area contributed by atoms with E-state index in [1.807, 2.05) is 6.92 Å². The van der Waals surface area contributed by atoms with Crippen molar-refractivity contribution in [1.82, 2.24) is 5.32 Å². The van der Waals surface area contributed by atoms with E-state index in [0.29, 0.717) is 12.1 Å². The average molecular weight is 183 g/mol. The fraction of sp³-hybridized carbons (Fsp3) is 0.400. The van der Waals surface area contributed by atoms with Gasteiger partial charge in [0.2, 0.25) is 0 Å². The van der Waals surface area contributed by atoms with Crippen LogP contribution < -0.4 is 5.32 Å². The Bertz CT molecular complexity index is 265. The Hall–Kier alpha value is -0.930. The molecule has 1 aromatic carbocycles. The lowest BCUT2D eigenvalue weighted by Crippen LogP contribution is -2.24. The minimum atomic E-state index is -0.300. The predicted octanol–water partition coefficient (Wildman–Crippen LogP) is 1.47. The van der Waals surface area contributed by atoms with Crippen LogP contribution in [0.3, 0.4) is 0 Å². The summed E-state index contributed by atoms with van der Waals surface area (Å²) in [5, 5.41) is 12.0. The van der Waals surface area contributed by atoms with Crippen LogP contribution >= 0.6 is 0 Å². The van der Waals surface area contributed by atoms with E-state index in [1.165, 1.54) is 6.07 Å². The largest absolute Gasteiger partial charge is 0.394 e. The van der Waals surface area contributed by atoms with Gasteiger partial charge in [-0.05, 0) is 12.6 Å². The molecule has 0 spiro atoms. The maximum absolute atomic E-state index is 13.2. The van der Waals surface area contributed by atoms with E-state index >= 15 is 0 Å². The number of hydrogen-bond acceptors (Lipinski definition) is 2. The standard InChI is InChI=1S/C10H14FNO/c1-2-12-10(7-13)8-5-3-4-6-9(8)11/h3-6,10,12-13H,2,7H2,1H3/t10-/m1/s1. The first-order valence-electron chi connectivity index (χ1n) is 4.38. The molecule has 0 radical (unpaired) electrons. The zero-order chi connectivity index (χ0) is 9.68. The van der Waals surface area contributed by atoms with Crippen LogP contribution in [0, 0.1) is 5.82 Å². The quantitative estimate of drug-likeness (QED) is 0.740. The van der Waals surface area contributed by atoms with E-state index < -0.39 is 0 Å². The van der Waals surface area contributed by atoms with Gasteiger partial charge in [0.1, 0.15) is 5.82 Å². The molecular weight excluding hydrogens is 169 g/mol. The topological polar surface area (TPSA) is 32.3 Å². The lowest BCUT2D eigenvalue weighted by atomic mass is 10.1. The molecule has 0 aliphatic rings. The van der Waals surface area contributed by atoms with Gasteiger partial charge in [0.15, 0.2) is 0 Å². The van der Waals surface area contributed by atoms with E-state index in [-0.39, 0.29) is 18.5 Å². The van der Waals surface area contributed by atoms with Crippen molar-refractivity contribution < 1.29 is 9.50 Å². The number of rotatable bonds is 4. The molecule has 3 heteroatoms. The van der Waals surface area contributed by atoms with Gasteiger partial charge in [-0.3, -0.25) is 0 Å². The highest BCUT2D eigenvalue weighted by Gasteiger charge is 2.12. The number of benzene rings is 1. The van der Waals surface area contributed by atoms with Crippen LogP contribution in [0.2, 0.25) is 0 Å². The van der Waals surface area contributed by atoms with Gasteiger partial charge in [0.05, 0.1) is 12.6 Å². The highest BCUT2D eigenvalue weighted by Crippen LogP contribution is 2.15. The second-order valence-corrected chi connectivity index (χ2v) is 2.81. The van der Waals surface area contributed by atoms with Crippen LogP contribution in [0.4, 0.5) is 4.39 Å². The summed E-state index contributed by atoms with van der Waals surface area (Å²) in [7, 11) is 0. The molecule has 0 aliphatic heterocycles. The molecule has 72 valence electrons. The summed E-state index contributed by atoms with van der Waals surface area (Å²) in [6.45, 7) is 2.54. The van der Waals surface area contributed by atoms with E-state index in [1.54, 1.807) is 18.2 Å². The molecule has 2 N–H and O–H groups in total. The Labute approximate surface area is 77.4 Å². The summed E-state index contributed by atoms with van der Waals surface area (Å²) >= 11 is 0.